The topological polar surface area (TPSA) is 75.4 Å². The lowest BCUT2D eigenvalue weighted by molar-refractivity contribution is 0.0924. The minimum Gasteiger partial charge on any atom is -0.381 e. The number of nitrogens with one attached hydrogen (secondary N) is 1. The molecule has 0 spiro atoms. The SMILES string of the molecule is CC(C)c1cccc(C(C)C)c1N1C(=O)c2c(F)c(F)c(F)c(NCCN)c2C1=O. The fraction of sp³-hybridized carbons (Fsp3) is 0.364. The van der Waals surface area contributed by atoms with Gasteiger partial charge in [0.05, 0.1) is 22.5 Å². The number of para-hydroxylation sites is 1. The van der Waals surface area contributed by atoms with E-state index in [1.54, 1.807) is 12.1 Å². The first-order valence-electron chi connectivity index (χ1n) is 9.79. The minimum atomic E-state index is -1.81. The molecule has 1 aliphatic heterocycles. The van der Waals surface area contributed by atoms with E-state index in [-0.39, 0.29) is 24.9 Å². The van der Waals surface area contributed by atoms with Gasteiger partial charge >= 0.3 is 0 Å². The van der Waals surface area contributed by atoms with Gasteiger partial charge in [-0.05, 0) is 23.0 Å². The third-order valence-corrected chi connectivity index (χ3v) is 5.17. The van der Waals surface area contributed by atoms with Gasteiger partial charge in [0.1, 0.15) is 0 Å². The molecule has 2 amide bonds. The van der Waals surface area contributed by atoms with Crippen molar-refractivity contribution in [2.45, 2.75) is 39.5 Å². The highest BCUT2D eigenvalue weighted by atomic mass is 19.2. The molecule has 0 saturated heterocycles. The number of hydrogen-bond acceptors (Lipinski definition) is 4. The number of rotatable bonds is 6. The molecule has 0 radical (unpaired) electrons. The molecule has 1 heterocycles. The Balaban J connectivity index is 2.31. The van der Waals surface area contributed by atoms with E-state index in [2.05, 4.69) is 5.32 Å². The second kappa shape index (κ2) is 8.10. The Morgan fingerprint density at radius 3 is 1.93 bits per heavy atom. The van der Waals surface area contributed by atoms with Crippen LogP contribution in [0.1, 0.15) is 71.4 Å². The maximum Gasteiger partial charge on any atom is 0.269 e. The molecular weight excluding hydrogens is 395 g/mol. The first-order chi connectivity index (χ1) is 14.1. The standard InChI is InChI=1S/C22H24F3N3O2/c1-10(2)12-6-5-7-13(11(3)4)20(12)28-21(29)14-15(22(28)30)19(27-9-8-26)18(25)17(24)16(14)23/h5-7,10-11,27H,8-9,26H2,1-4H3. The summed E-state index contributed by atoms with van der Waals surface area (Å²) >= 11 is 0. The van der Waals surface area contributed by atoms with E-state index in [1.807, 2.05) is 33.8 Å². The molecule has 0 fully saturated rings. The monoisotopic (exact) mass is 419 g/mol. The maximum atomic E-state index is 14.6. The van der Waals surface area contributed by atoms with E-state index in [9.17, 15) is 22.8 Å². The van der Waals surface area contributed by atoms with Crippen LogP contribution in [0.2, 0.25) is 0 Å². The molecule has 5 nitrogen and oxygen atoms in total. The van der Waals surface area contributed by atoms with E-state index >= 15 is 0 Å². The summed E-state index contributed by atoms with van der Waals surface area (Å²) in [5.41, 5.74) is 5.31. The molecule has 0 aliphatic carbocycles. The predicted octanol–water partition coefficient (Wildman–Crippen LogP) is 4.52. The van der Waals surface area contributed by atoms with Gasteiger partial charge < -0.3 is 11.1 Å². The molecule has 3 rings (SSSR count). The molecule has 3 N–H and O–H groups in total. The number of anilines is 2. The van der Waals surface area contributed by atoms with Gasteiger partial charge in [-0.1, -0.05) is 45.9 Å². The summed E-state index contributed by atoms with van der Waals surface area (Å²) in [7, 11) is 0. The van der Waals surface area contributed by atoms with Crippen molar-refractivity contribution in [2.75, 3.05) is 23.3 Å². The summed E-state index contributed by atoms with van der Waals surface area (Å²) in [4.78, 5) is 27.4. The van der Waals surface area contributed by atoms with Gasteiger partial charge in [0.2, 0.25) is 0 Å². The average Bonchev–Trinajstić information content (AvgIpc) is 2.95. The summed E-state index contributed by atoms with van der Waals surface area (Å²) in [5, 5.41) is 2.52. The van der Waals surface area contributed by atoms with Crippen molar-refractivity contribution in [3.63, 3.8) is 0 Å². The quantitative estimate of drug-likeness (QED) is 0.533. The molecule has 8 heteroatoms. The van der Waals surface area contributed by atoms with Crippen LogP contribution in [0.3, 0.4) is 0 Å². The van der Waals surface area contributed by atoms with Gasteiger partial charge in [0.15, 0.2) is 17.5 Å². The third-order valence-electron chi connectivity index (χ3n) is 5.17. The minimum absolute atomic E-state index is 0.00965. The zero-order valence-corrected chi connectivity index (χ0v) is 17.3. The van der Waals surface area contributed by atoms with Gasteiger partial charge in [-0.25, -0.2) is 18.1 Å². The molecule has 160 valence electrons. The summed E-state index contributed by atoms with van der Waals surface area (Å²) in [6.45, 7) is 7.66. The molecule has 0 bridgehead atoms. The molecule has 2 aromatic rings. The van der Waals surface area contributed by atoms with E-state index in [0.29, 0.717) is 16.8 Å². The lowest BCUT2D eigenvalue weighted by atomic mass is 9.92. The van der Waals surface area contributed by atoms with Crippen LogP contribution >= 0.6 is 0 Å². The number of imide groups is 1. The van der Waals surface area contributed by atoms with Crippen LogP contribution < -0.4 is 16.0 Å². The maximum absolute atomic E-state index is 14.6. The van der Waals surface area contributed by atoms with Crippen LogP contribution in [0.25, 0.3) is 0 Å². The van der Waals surface area contributed by atoms with E-state index in [4.69, 9.17) is 5.73 Å². The van der Waals surface area contributed by atoms with Crippen molar-refractivity contribution in [3.8, 4) is 0 Å². The van der Waals surface area contributed by atoms with Crippen molar-refractivity contribution in [1.82, 2.24) is 0 Å². The number of amides is 2. The number of nitrogens with two attached hydrogens (primary N) is 1. The number of carbonyl (C=O) groups is 2. The Morgan fingerprint density at radius 1 is 0.900 bits per heavy atom. The van der Waals surface area contributed by atoms with Crippen molar-refractivity contribution >= 4 is 23.2 Å². The third kappa shape index (κ3) is 3.25. The van der Waals surface area contributed by atoms with E-state index < -0.39 is 46.1 Å². The van der Waals surface area contributed by atoms with Crippen LogP contribution in [0, 0.1) is 17.5 Å². The Morgan fingerprint density at radius 2 is 1.43 bits per heavy atom. The number of fused-ring (bicyclic) bond motifs is 1. The fourth-order valence-corrected chi connectivity index (χ4v) is 3.73. The molecule has 0 saturated carbocycles. The highest BCUT2D eigenvalue weighted by molar-refractivity contribution is 6.36. The lowest BCUT2D eigenvalue weighted by Gasteiger charge is -2.25. The summed E-state index contributed by atoms with van der Waals surface area (Å²) in [5.74, 6) is -7.07. The average molecular weight is 419 g/mol. The highest BCUT2D eigenvalue weighted by Gasteiger charge is 2.45. The van der Waals surface area contributed by atoms with Crippen LogP contribution in [-0.4, -0.2) is 24.9 Å². The van der Waals surface area contributed by atoms with Crippen LogP contribution in [0.15, 0.2) is 18.2 Å². The van der Waals surface area contributed by atoms with Crippen LogP contribution in [0.4, 0.5) is 24.5 Å². The number of nitrogens with zero attached hydrogens (tertiary/aromatic N) is 1. The molecule has 0 atom stereocenters. The second-order valence-electron chi connectivity index (χ2n) is 7.82. The molecule has 0 aromatic heterocycles. The van der Waals surface area contributed by atoms with Crippen molar-refractivity contribution in [2.24, 2.45) is 5.73 Å². The number of hydrogen-bond donors (Lipinski definition) is 2. The number of benzene rings is 2. The van der Waals surface area contributed by atoms with Gasteiger partial charge in [0.25, 0.3) is 11.8 Å². The lowest BCUT2D eigenvalue weighted by Crippen LogP contribution is -2.32. The summed E-state index contributed by atoms with van der Waals surface area (Å²) in [6, 6.07) is 5.38. The van der Waals surface area contributed by atoms with Crippen molar-refractivity contribution < 1.29 is 22.8 Å². The first-order valence-corrected chi connectivity index (χ1v) is 9.79. The zero-order chi connectivity index (χ0) is 22.3. The molecule has 30 heavy (non-hydrogen) atoms. The molecule has 1 aliphatic rings. The van der Waals surface area contributed by atoms with E-state index in [1.165, 1.54) is 0 Å². The van der Waals surface area contributed by atoms with Crippen LogP contribution in [-0.2, 0) is 0 Å². The molecule has 0 unspecified atom stereocenters. The number of carbonyl (C=O) groups excluding carboxylic acids is 2. The summed E-state index contributed by atoms with van der Waals surface area (Å²) < 4.78 is 43.3. The van der Waals surface area contributed by atoms with Gasteiger partial charge in [0, 0.05) is 13.1 Å². The van der Waals surface area contributed by atoms with Crippen molar-refractivity contribution in [3.05, 3.63) is 57.9 Å². The van der Waals surface area contributed by atoms with Crippen LogP contribution in [0.5, 0.6) is 0 Å². The van der Waals surface area contributed by atoms with Gasteiger partial charge in [-0.3, -0.25) is 9.59 Å². The Kier molecular flexibility index (Phi) is 5.90. The first kappa shape index (κ1) is 21.8. The zero-order valence-electron chi connectivity index (χ0n) is 17.3. The fourth-order valence-electron chi connectivity index (χ4n) is 3.73. The predicted molar refractivity (Wildman–Crippen MR) is 110 cm³/mol. The normalized spacial score (nSPS) is 13.6. The highest BCUT2D eigenvalue weighted by Crippen LogP contribution is 2.42. The Labute approximate surface area is 173 Å². The molecule has 2 aromatic carbocycles. The van der Waals surface area contributed by atoms with Gasteiger partial charge in [-0.15, -0.1) is 0 Å². The Bertz CT molecular complexity index is 1010. The number of halogens is 3. The summed E-state index contributed by atoms with van der Waals surface area (Å²) in [6.07, 6.45) is 0. The van der Waals surface area contributed by atoms with Gasteiger partial charge in [-0.2, -0.15) is 0 Å². The smallest absolute Gasteiger partial charge is 0.269 e. The second-order valence-corrected chi connectivity index (χ2v) is 7.82. The molecular formula is C22H24F3N3O2. The van der Waals surface area contributed by atoms with E-state index in [0.717, 1.165) is 4.90 Å². The van der Waals surface area contributed by atoms with Crippen molar-refractivity contribution in [1.29, 1.82) is 0 Å². The Hall–Kier alpha value is -2.87. The largest absolute Gasteiger partial charge is 0.381 e.